The fourth-order valence-corrected chi connectivity index (χ4v) is 2.85. The summed E-state index contributed by atoms with van der Waals surface area (Å²) in [7, 11) is 0. The molecule has 7 nitrogen and oxygen atoms in total. The first-order valence-corrected chi connectivity index (χ1v) is 8.77. The minimum absolute atomic E-state index is 0.137. The Morgan fingerprint density at radius 2 is 1.54 bits per heavy atom. The number of amides is 2. The van der Waals surface area contributed by atoms with Gasteiger partial charge in [-0.3, -0.25) is 9.59 Å². The third-order valence-electron chi connectivity index (χ3n) is 4.43. The monoisotopic (exact) mass is 353 g/mol. The van der Waals surface area contributed by atoms with Gasteiger partial charge in [-0.25, -0.2) is 9.97 Å². The summed E-state index contributed by atoms with van der Waals surface area (Å²) in [5.41, 5.74) is 1.72. The molecule has 0 spiro atoms. The van der Waals surface area contributed by atoms with Crippen LogP contribution in [0.15, 0.2) is 36.7 Å². The summed E-state index contributed by atoms with van der Waals surface area (Å²) in [6, 6.07) is 6.92. The van der Waals surface area contributed by atoms with Crippen molar-refractivity contribution in [1.29, 1.82) is 0 Å². The summed E-state index contributed by atoms with van der Waals surface area (Å²) in [6.45, 7) is 5.61. The van der Waals surface area contributed by atoms with Crippen LogP contribution in [0.5, 0.6) is 0 Å². The molecule has 2 amide bonds. The third-order valence-corrected chi connectivity index (χ3v) is 4.43. The van der Waals surface area contributed by atoms with Gasteiger partial charge in [0.15, 0.2) is 0 Å². The Balaban J connectivity index is 1.60. The van der Waals surface area contributed by atoms with Crippen LogP contribution in [0.2, 0.25) is 0 Å². The lowest BCUT2D eigenvalue weighted by molar-refractivity contribution is -0.114. The van der Waals surface area contributed by atoms with Crippen molar-refractivity contribution < 1.29 is 9.59 Å². The molecular weight excluding hydrogens is 330 g/mol. The van der Waals surface area contributed by atoms with Crippen molar-refractivity contribution in [1.82, 2.24) is 9.97 Å². The van der Waals surface area contributed by atoms with E-state index in [0.29, 0.717) is 22.9 Å². The highest BCUT2D eigenvalue weighted by Gasteiger charge is 2.18. The molecule has 1 aromatic carbocycles. The van der Waals surface area contributed by atoms with Gasteiger partial charge in [-0.15, -0.1) is 0 Å². The van der Waals surface area contributed by atoms with Gasteiger partial charge >= 0.3 is 0 Å². The van der Waals surface area contributed by atoms with Gasteiger partial charge in [0.2, 0.25) is 11.9 Å². The van der Waals surface area contributed by atoms with Crippen molar-refractivity contribution in [3.05, 3.63) is 42.2 Å². The molecule has 3 rings (SSSR count). The molecule has 1 aliphatic rings. The van der Waals surface area contributed by atoms with Crippen LogP contribution >= 0.6 is 0 Å². The number of nitrogens with one attached hydrogen (secondary N) is 2. The molecule has 1 saturated heterocycles. The first-order chi connectivity index (χ1) is 12.5. The van der Waals surface area contributed by atoms with Gasteiger partial charge in [0.1, 0.15) is 0 Å². The van der Waals surface area contributed by atoms with E-state index in [9.17, 15) is 9.59 Å². The van der Waals surface area contributed by atoms with Crippen LogP contribution in [-0.2, 0) is 4.79 Å². The molecule has 0 bridgehead atoms. The number of hydrogen-bond acceptors (Lipinski definition) is 5. The summed E-state index contributed by atoms with van der Waals surface area (Å²) in [6.07, 6.45) is 5.39. The zero-order valence-corrected chi connectivity index (χ0v) is 15.0. The number of nitrogens with zero attached hydrogens (tertiary/aromatic N) is 3. The Labute approximate surface area is 152 Å². The zero-order chi connectivity index (χ0) is 18.5. The Kier molecular flexibility index (Phi) is 5.46. The molecule has 0 saturated carbocycles. The van der Waals surface area contributed by atoms with Crippen molar-refractivity contribution >= 4 is 29.1 Å². The zero-order valence-electron chi connectivity index (χ0n) is 15.0. The van der Waals surface area contributed by atoms with E-state index in [-0.39, 0.29) is 11.8 Å². The fraction of sp³-hybridized carbons (Fsp3) is 0.368. The van der Waals surface area contributed by atoms with Crippen LogP contribution in [0.25, 0.3) is 0 Å². The highest BCUT2D eigenvalue weighted by atomic mass is 16.2. The van der Waals surface area contributed by atoms with Gasteiger partial charge in [0, 0.05) is 43.8 Å². The number of carbonyl (C=O) groups is 2. The molecule has 0 radical (unpaired) electrons. The summed E-state index contributed by atoms with van der Waals surface area (Å²) in [5, 5.41) is 5.48. The van der Waals surface area contributed by atoms with E-state index in [1.54, 1.807) is 36.7 Å². The van der Waals surface area contributed by atoms with E-state index in [0.717, 1.165) is 31.8 Å². The number of aromatic nitrogens is 2. The Morgan fingerprint density at radius 1 is 1.00 bits per heavy atom. The Morgan fingerprint density at radius 3 is 2.08 bits per heavy atom. The predicted octanol–water partition coefficient (Wildman–Crippen LogP) is 2.92. The fourth-order valence-electron chi connectivity index (χ4n) is 2.85. The van der Waals surface area contributed by atoms with Crippen molar-refractivity contribution in [2.75, 3.05) is 28.6 Å². The topological polar surface area (TPSA) is 87.2 Å². The number of carbonyl (C=O) groups excluding carboxylic acids is 2. The Bertz CT molecular complexity index is 766. The summed E-state index contributed by atoms with van der Waals surface area (Å²) in [4.78, 5) is 34.2. The number of piperidine rings is 1. The van der Waals surface area contributed by atoms with Crippen LogP contribution in [0.4, 0.5) is 17.3 Å². The van der Waals surface area contributed by atoms with Crippen LogP contribution in [0, 0.1) is 5.92 Å². The largest absolute Gasteiger partial charge is 0.341 e. The highest BCUT2D eigenvalue weighted by molar-refractivity contribution is 6.04. The Hall–Kier alpha value is -2.96. The second-order valence-corrected chi connectivity index (χ2v) is 6.65. The minimum Gasteiger partial charge on any atom is -0.341 e. The number of anilines is 3. The van der Waals surface area contributed by atoms with Crippen molar-refractivity contribution in [3.63, 3.8) is 0 Å². The SMILES string of the molecule is CC(=O)Nc1ccc(NC(=O)c2cnc(N3CCC(C)CC3)nc2)cc1. The summed E-state index contributed by atoms with van der Waals surface area (Å²) in [5.74, 6) is 1.01. The van der Waals surface area contributed by atoms with Gasteiger partial charge in [-0.1, -0.05) is 6.92 Å². The van der Waals surface area contributed by atoms with Crippen LogP contribution in [0.1, 0.15) is 37.0 Å². The second kappa shape index (κ2) is 7.95. The average molecular weight is 353 g/mol. The molecule has 26 heavy (non-hydrogen) atoms. The van der Waals surface area contributed by atoms with Crippen LogP contribution in [0.3, 0.4) is 0 Å². The molecule has 2 heterocycles. The van der Waals surface area contributed by atoms with Gasteiger partial charge in [-0.2, -0.15) is 0 Å². The van der Waals surface area contributed by atoms with Crippen molar-refractivity contribution in [2.45, 2.75) is 26.7 Å². The normalized spacial score (nSPS) is 14.8. The lowest BCUT2D eigenvalue weighted by Crippen LogP contribution is -2.34. The summed E-state index contributed by atoms with van der Waals surface area (Å²) >= 11 is 0. The third kappa shape index (κ3) is 4.56. The van der Waals surface area contributed by atoms with Gasteiger partial charge in [-0.05, 0) is 43.0 Å². The smallest absolute Gasteiger partial charge is 0.258 e. The van der Waals surface area contributed by atoms with E-state index in [1.165, 1.54) is 6.92 Å². The van der Waals surface area contributed by atoms with Crippen LogP contribution in [-0.4, -0.2) is 34.9 Å². The molecule has 0 atom stereocenters. The number of hydrogen-bond donors (Lipinski definition) is 2. The van der Waals surface area contributed by atoms with E-state index in [4.69, 9.17) is 0 Å². The molecule has 1 aliphatic heterocycles. The van der Waals surface area contributed by atoms with E-state index >= 15 is 0 Å². The second-order valence-electron chi connectivity index (χ2n) is 6.65. The van der Waals surface area contributed by atoms with Gasteiger partial charge in [0.25, 0.3) is 5.91 Å². The first-order valence-electron chi connectivity index (χ1n) is 8.77. The summed E-state index contributed by atoms with van der Waals surface area (Å²) < 4.78 is 0. The standard InChI is InChI=1S/C19H23N5O2/c1-13-7-9-24(10-8-13)19-20-11-15(12-21-19)18(26)23-17-5-3-16(4-6-17)22-14(2)25/h3-6,11-13H,7-10H2,1-2H3,(H,22,25)(H,23,26). The molecule has 2 aromatic rings. The van der Waals surface area contributed by atoms with E-state index in [2.05, 4.69) is 32.4 Å². The van der Waals surface area contributed by atoms with Crippen molar-refractivity contribution in [3.8, 4) is 0 Å². The molecular formula is C19H23N5O2. The highest BCUT2D eigenvalue weighted by Crippen LogP contribution is 2.20. The molecule has 0 unspecified atom stereocenters. The van der Waals surface area contributed by atoms with E-state index < -0.39 is 0 Å². The quantitative estimate of drug-likeness (QED) is 0.882. The maximum Gasteiger partial charge on any atom is 0.258 e. The maximum absolute atomic E-state index is 12.3. The lowest BCUT2D eigenvalue weighted by Gasteiger charge is -2.30. The van der Waals surface area contributed by atoms with Crippen LogP contribution < -0.4 is 15.5 Å². The predicted molar refractivity (Wildman–Crippen MR) is 101 cm³/mol. The lowest BCUT2D eigenvalue weighted by atomic mass is 10.00. The van der Waals surface area contributed by atoms with Crippen molar-refractivity contribution in [2.24, 2.45) is 5.92 Å². The number of rotatable bonds is 4. The molecule has 1 aromatic heterocycles. The van der Waals surface area contributed by atoms with Gasteiger partial charge < -0.3 is 15.5 Å². The molecule has 7 heteroatoms. The van der Waals surface area contributed by atoms with Gasteiger partial charge in [0.05, 0.1) is 5.56 Å². The van der Waals surface area contributed by atoms with E-state index in [1.807, 2.05) is 0 Å². The molecule has 2 N–H and O–H groups in total. The minimum atomic E-state index is -0.268. The average Bonchev–Trinajstić information content (AvgIpc) is 2.64. The molecule has 1 fully saturated rings. The maximum atomic E-state index is 12.3. The molecule has 0 aliphatic carbocycles. The number of benzene rings is 1. The first kappa shape index (κ1) is 17.8. The molecule has 136 valence electrons.